The highest BCUT2D eigenvalue weighted by Crippen LogP contribution is 2.10. The van der Waals surface area contributed by atoms with Crippen LogP contribution < -0.4 is 10.6 Å². The van der Waals surface area contributed by atoms with Crippen LogP contribution in [0.5, 0.6) is 0 Å². The van der Waals surface area contributed by atoms with Gasteiger partial charge in [-0.15, -0.1) is 0 Å². The molecule has 0 fully saturated rings. The molecule has 0 aliphatic heterocycles. The molecular formula is C17H22N2O5. The van der Waals surface area contributed by atoms with E-state index in [2.05, 4.69) is 10.6 Å². The van der Waals surface area contributed by atoms with Gasteiger partial charge in [0.25, 0.3) is 5.91 Å². The highest BCUT2D eigenvalue weighted by atomic mass is 16.5. The molecule has 0 radical (unpaired) electrons. The van der Waals surface area contributed by atoms with E-state index < -0.39 is 18.0 Å². The van der Waals surface area contributed by atoms with Gasteiger partial charge in [0.2, 0.25) is 0 Å². The molecular weight excluding hydrogens is 312 g/mol. The van der Waals surface area contributed by atoms with E-state index in [4.69, 9.17) is 9.47 Å². The van der Waals surface area contributed by atoms with Crippen molar-refractivity contribution in [2.45, 2.75) is 27.2 Å². The first kappa shape index (κ1) is 19.2. The zero-order chi connectivity index (χ0) is 17.9. The molecule has 1 rings (SSSR count). The predicted molar refractivity (Wildman–Crippen MR) is 89.3 cm³/mol. The maximum atomic E-state index is 12.3. The zero-order valence-electron chi connectivity index (χ0n) is 14.0. The summed E-state index contributed by atoms with van der Waals surface area (Å²) in [6, 6.07) is 7.06. The van der Waals surface area contributed by atoms with Gasteiger partial charge in [0.05, 0.1) is 13.2 Å². The molecule has 0 bridgehead atoms. The quantitative estimate of drug-likeness (QED) is 0.346. The largest absolute Gasteiger partial charge is 0.462 e. The third kappa shape index (κ3) is 6.51. The number of benzene rings is 1. The highest BCUT2D eigenvalue weighted by molar-refractivity contribution is 6.21. The number of anilines is 1. The summed E-state index contributed by atoms with van der Waals surface area (Å²) in [5, 5.41) is 4.82. The summed E-state index contributed by atoms with van der Waals surface area (Å²) >= 11 is 0. The molecule has 0 saturated carbocycles. The predicted octanol–water partition coefficient (Wildman–Crippen LogP) is 2.52. The van der Waals surface area contributed by atoms with Crippen molar-refractivity contribution in [3.8, 4) is 0 Å². The molecule has 7 nitrogen and oxygen atoms in total. The lowest BCUT2D eigenvalue weighted by Crippen LogP contribution is -2.27. The molecule has 0 heterocycles. The SMILES string of the molecule is CCCOC(=O)N/C=C(\C(=O)Nc1ccc(C)cc1)C(=O)OCC. The van der Waals surface area contributed by atoms with E-state index in [1.54, 1.807) is 19.1 Å². The van der Waals surface area contributed by atoms with Crippen molar-refractivity contribution in [2.24, 2.45) is 0 Å². The molecule has 0 aliphatic rings. The molecule has 1 aromatic rings. The van der Waals surface area contributed by atoms with E-state index in [0.29, 0.717) is 12.1 Å². The third-order valence-electron chi connectivity index (χ3n) is 2.82. The molecule has 0 spiro atoms. The van der Waals surface area contributed by atoms with E-state index in [-0.39, 0.29) is 18.8 Å². The van der Waals surface area contributed by atoms with Gasteiger partial charge in [-0.3, -0.25) is 10.1 Å². The number of hydrogen-bond acceptors (Lipinski definition) is 5. The summed E-state index contributed by atoms with van der Waals surface area (Å²) < 4.78 is 9.65. The Labute approximate surface area is 141 Å². The highest BCUT2D eigenvalue weighted by Gasteiger charge is 2.20. The number of ether oxygens (including phenoxy) is 2. The first-order chi connectivity index (χ1) is 11.5. The van der Waals surface area contributed by atoms with Crippen molar-refractivity contribution in [3.05, 3.63) is 41.6 Å². The van der Waals surface area contributed by atoms with E-state index in [1.807, 2.05) is 26.0 Å². The molecule has 130 valence electrons. The average Bonchev–Trinajstić information content (AvgIpc) is 2.55. The van der Waals surface area contributed by atoms with Crippen LogP contribution in [0, 0.1) is 6.92 Å². The second-order valence-corrected chi connectivity index (χ2v) is 4.88. The lowest BCUT2D eigenvalue weighted by atomic mass is 10.2. The van der Waals surface area contributed by atoms with Crippen molar-refractivity contribution in [3.63, 3.8) is 0 Å². The minimum Gasteiger partial charge on any atom is -0.462 e. The average molecular weight is 334 g/mol. The summed E-state index contributed by atoms with van der Waals surface area (Å²) in [7, 11) is 0. The van der Waals surface area contributed by atoms with Gasteiger partial charge in [0, 0.05) is 11.9 Å². The van der Waals surface area contributed by atoms with Gasteiger partial charge in [0.15, 0.2) is 0 Å². The fourth-order valence-electron chi connectivity index (χ4n) is 1.63. The van der Waals surface area contributed by atoms with Gasteiger partial charge in [0.1, 0.15) is 5.57 Å². The monoisotopic (exact) mass is 334 g/mol. The van der Waals surface area contributed by atoms with Crippen molar-refractivity contribution in [1.29, 1.82) is 0 Å². The van der Waals surface area contributed by atoms with Crippen LogP contribution in [-0.2, 0) is 19.1 Å². The molecule has 0 atom stereocenters. The summed E-state index contributed by atoms with van der Waals surface area (Å²) in [6.07, 6.45) is 0.900. The van der Waals surface area contributed by atoms with E-state index in [1.165, 1.54) is 0 Å². The van der Waals surface area contributed by atoms with Gasteiger partial charge >= 0.3 is 12.1 Å². The summed E-state index contributed by atoms with van der Waals surface area (Å²) in [4.78, 5) is 35.6. The standard InChI is InChI=1S/C17H22N2O5/c1-4-10-24-17(22)18-11-14(16(21)23-5-2)15(20)19-13-8-6-12(3)7-9-13/h6-9,11H,4-5,10H2,1-3H3,(H,18,22)(H,19,20)/b14-11+. The third-order valence-corrected chi connectivity index (χ3v) is 2.82. The number of esters is 1. The van der Waals surface area contributed by atoms with Crippen LogP contribution in [0.3, 0.4) is 0 Å². The van der Waals surface area contributed by atoms with Gasteiger partial charge in [-0.05, 0) is 32.4 Å². The second kappa shape index (κ2) is 10.0. The first-order valence-electron chi connectivity index (χ1n) is 7.66. The van der Waals surface area contributed by atoms with Gasteiger partial charge in [-0.25, -0.2) is 9.59 Å². The summed E-state index contributed by atoms with van der Waals surface area (Å²) in [6.45, 7) is 5.73. The van der Waals surface area contributed by atoms with Crippen LogP contribution in [0.4, 0.5) is 10.5 Å². The number of nitrogens with one attached hydrogen (secondary N) is 2. The van der Waals surface area contributed by atoms with Crippen molar-refractivity contribution in [2.75, 3.05) is 18.5 Å². The molecule has 0 unspecified atom stereocenters. The molecule has 2 N–H and O–H groups in total. The number of hydrogen-bond donors (Lipinski definition) is 2. The van der Waals surface area contributed by atoms with Crippen LogP contribution in [0.1, 0.15) is 25.8 Å². The molecule has 0 aliphatic carbocycles. The normalized spacial score (nSPS) is 10.7. The number of alkyl carbamates (subject to hydrolysis) is 1. The van der Waals surface area contributed by atoms with Crippen LogP contribution in [0.15, 0.2) is 36.0 Å². The minimum atomic E-state index is -0.835. The topological polar surface area (TPSA) is 93.7 Å². The Morgan fingerprint density at radius 2 is 1.75 bits per heavy atom. The maximum absolute atomic E-state index is 12.3. The molecule has 7 heteroatoms. The van der Waals surface area contributed by atoms with Crippen LogP contribution in [0.2, 0.25) is 0 Å². The van der Waals surface area contributed by atoms with Crippen LogP contribution >= 0.6 is 0 Å². The molecule has 0 saturated heterocycles. The Bertz CT molecular complexity index is 608. The Kier molecular flexibility index (Phi) is 8.04. The fraction of sp³-hybridized carbons (Fsp3) is 0.353. The van der Waals surface area contributed by atoms with Crippen LogP contribution in [0.25, 0.3) is 0 Å². The Hall–Kier alpha value is -2.83. The number of amides is 2. The first-order valence-corrected chi connectivity index (χ1v) is 7.66. The lowest BCUT2D eigenvalue weighted by molar-refractivity contribution is -0.139. The summed E-state index contributed by atoms with van der Waals surface area (Å²) in [5.41, 5.74) is 1.23. The van der Waals surface area contributed by atoms with Crippen molar-refractivity contribution >= 4 is 23.7 Å². The van der Waals surface area contributed by atoms with Gasteiger partial charge < -0.3 is 14.8 Å². The molecule has 24 heavy (non-hydrogen) atoms. The van der Waals surface area contributed by atoms with E-state index in [9.17, 15) is 14.4 Å². The Morgan fingerprint density at radius 3 is 2.33 bits per heavy atom. The van der Waals surface area contributed by atoms with E-state index in [0.717, 1.165) is 11.8 Å². The Balaban J connectivity index is 2.83. The number of carbonyl (C=O) groups is 3. The molecule has 0 aromatic heterocycles. The molecule has 2 amide bonds. The van der Waals surface area contributed by atoms with Crippen molar-refractivity contribution in [1.82, 2.24) is 5.32 Å². The smallest absolute Gasteiger partial charge is 0.411 e. The second-order valence-electron chi connectivity index (χ2n) is 4.88. The number of rotatable bonds is 7. The lowest BCUT2D eigenvalue weighted by Gasteiger charge is -2.09. The number of carbonyl (C=O) groups excluding carboxylic acids is 3. The van der Waals surface area contributed by atoms with Crippen LogP contribution in [-0.4, -0.2) is 31.2 Å². The minimum absolute atomic E-state index is 0.105. The van der Waals surface area contributed by atoms with Crippen molar-refractivity contribution < 1.29 is 23.9 Å². The molecule has 1 aromatic carbocycles. The Morgan fingerprint density at radius 1 is 1.08 bits per heavy atom. The fourth-order valence-corrected chi connectivity index (χ4v) is 1.63. The van der Waals surface area contributed by atoms with Gasteiger partial charge in [-0.2, -0.15) is 0 Å². The summed E-state index contributed by atoms with van der Waals surface area (Å²) in [5.74, 6) is -1.52. The zero-order valence-corrected chi connectivity index (χ0v) is 14.0. The van der Waals surface area contributed by atoms with Gasteiger partial charge in [-0.1, -0.05) is 24.6 Å². The number of aryl methyl sites for hydroxylation is 1. The van der Waals surface area contributed by atoms with E-state index >= 15 is 0 Å². The maximum Gasteiger partial charge on any atom is 0.411 e.